The van der Waals surface area contributed by atoms with E-state index in [9.17, 15) is 4.57 Å². The van der Waals surface area contributed by atoms with Crippen molar-refractivity contribution in [1.82, 2.24) is 0 Å². The topological polar surface area (TPSA) is 44.8 Å². The fourth-order valence-corrected chi connectivity index (χ4v) is 5.51. The van der Waals surface area contributed by atoms with Gasteiger partial charge in [0.2, 0.25) is 0 Å². The van der Waals surface area contributed by atoms with E-state index in [2.05, 4.69) is 47.8 Å². The molecule has 0 aromatic heterocycles. The van der Waals surface area contributed by atoms with E-state index < -0.39 is 16.7 Å². The van der Waals surface area contributed by atoms with Gasteiger partial charge in [0, 0.05) is 10.7 Å². The molecule has 0 heterocycles. The van der Waals surface area contributed by atoms with Crippen LogP contribution < -0.4 is 9.05 Å². The zero-order valence-corrected chi connectivity index (χ0v) is 19.3. The Hall–Kier alpha value is -0.330. The molecule has 4 nitrogen and oxygen atoms in total. The van der Waals surface area contributed by atoms with Crippen molar-refractivity contribution in [3.63, 3.8) is 0 Å². The molecule has 0 saturated carbocycles. The summed E-state index contributed by atoms with van der Waals surface area (Å²) >= 11 is 10.4. The Morgan fingerprint density at radius 1 is 0.880 bits per heavy atom. The second kappa shape index (κ2) is 8.57. The van der Waals surface area contributed by atoms with Gasteiger partial charge in [-0.2, -0.15) is 0 Å². The van der Waals surface area contributed by atoms with E-state index in [4.69, 9.17) is 13.6 Å². The SMILES string of the molecule is CC(C)(CBr)C(Br)(Br)OP(=O)(Oc1ccccc1)Oc1ccccc1. The van der Waals surface area contributed by atoms with Crippen LogP contribution in [0.3, 0.4) is 0 Å². The summed E-state index contributed by atoms with van der Waals surface area (Å²) in [4.78, 5) is 0. The average molecular weight is 557 g/mol. The highest BCUT2D eigenvalue weighted by molar-refractivity contribution is 9.25. The van der Waals surface area contributed by atoms with E-state index in [1.807, 2.05) is 26.0 Å². The minimum absolute atomic E-state index is 0.384. The van der Waals surface area contributed by atoms with Gasteiger partial charge in [0.05, 0.1) is 0 Å². The molecule has 8 heteroatoms. The Morgan fingerprint density at radius 3 is 1.64 bits per heavy atom. The van der Waals surface area contributed by atoms with Gasteiger partial charge in [0.1, 0.15) is 11.5 Å². The molecule has 0 atom stereocenters. The van der Waals surface area contributed by atoms with Crippen LogP contribution in [0.4, 0.5) is 0 Å². The van der Waals surface area contributed by atoms with E-state index in [1.54, 1.807) is 48.5 Å². The maximum atomic E-state index is 13.4. The van der Waals surface area contributed by atoms with Gasteiger partial charge in [-0.25, -0.2) is 9.09 Å². The number of halogens is 3. The van der Waals surface area contributed by atoms with Crippen molar-refractivity contribution >= 4 is 55.6 Å². The molecule has 0 saturated heterocycles. The van der Waals surface area contributed by atoms with Crippen LogP contribution >= 0.6 is 55.6 Å². The largest absolute Gasteiger partial charge is 0.589 e. The van der Waals surface area contributed by atoms with Crippen molar-refractivity contribution in [2.45, 2.75) is 17.3 Å². The molecule has 0 unspecified atom stereocenters. The Balaban J connectivity index is 2.33. The highest BCUT2D eigenvalue weighted by atomic mass is 79.9. The normalized spacial score (nSPS) is 12.7. The van der Waals surface area contributed by atoms with E-state index in [-0.39, 0.29) is 0 Å². The average Bonchev–Trinajstić information content (AvgIpc) is 2.55. The summed E-state index contributed by atoms with van der Waals surface area (Å²) in [6, 6.07) is 17.5. The molecule has 25 heavy (non-hydrogen) atoms. The van der Waals surface area contributed by atoms with Crippen molar-refractivity contribution in [3.05, 3.63) is 60.7 Å². The lowest BCUT2D eigenvalue weighted by Crippen LogP contribution is -2.37. The summed E-state index contributed by atoms with van der Waals surface area (Å²) in [6.45, 7) is 3.86. The number of alkyl halides is 3. The Bertz CT molecular complexity index is 678. The lowest BCUT2D eigenvalue weighted by atomic mass is 9.98. The van der Waals surface area contributed by atoms with E-state index in [0.29, 0.717) is 16.8 Å². The van der Waals surface area contributed by atoms with Crippen LogP contribution in [0.2, 0.25) is 0 Å². The van der Waals surface area contributed by atoms with Crippen LogP contribution in [0.25, 0.3) is 0 Å². The van der Waals surface area contributed by atoms with Crippen LogP contribution in [0.1, 0.15) is 13.8 Å². The van der Waals surface area contributed by atoms with Gasteiger partial charge in [-0.1, -0.05) is 66.2 Å². The maximum Gasteiger partial charge on any atom is 0.589 e. The first-order valence-electron chi connectivity index (χ1n) is 7.41. The Morgan fingerprint density at radius 2 is 1.28 bits per heavy atom. The first kappa shape index (κ1) is 21.0. The van der Waals surface area contributed by atoms with E-state index in [1.165, 1.54) is 0 Å². The molecule has 2 rings (SSSR count). The van der Waals surface area contributed by atoms with Crippen molar-refractivity contribution in [1.29, 1.82) is 0 Å². The molecular formula is C17H18Br3O4P. The van der Waals surface area contributed by atoms with Gasteiger partial charge in [-0.15, -0.1) is 0 Å². The molecule has 0 bridgehead atoms. The standard InChI is InChI=1S/C17H18Br3O4P/c1-16(2,13-18)17(19,20)24-25(21,22-14-9-5-3-6-10-14)23-15-11-7-4-8-12-15/h3-12H,13H2,1-2H3. The molecule has 0 amide bonds. The highest BCUT2D eigenvalue weighted by Crippen LogP contribution is 2.59. The highest BCUT2D eigenvalue weighted by Gasteiger charge is 2.49. The van der Waals surface area contributed by atoms with Crippen molar-refractivity contribution in [2.24, 2.45) is 5.41 Å². The van der Waals surface area contributed by atoms with Crippen LogP contribution in [-0.4, -0.2) is 8.75 Å². The third-order valence-corrected chi connectivity index (χ3v) is 9.01. The number of para-hydroxylation sites is 2. The molecule has 0 fully saturated rings. The summed E-state index contributed by atoms with van der Waals surface area (Å²) in [5, 5.41) is 0.577. The fourth-order valence-electron chi connectivity index (χ4n) is 1.62. The monoisotopic (exact) mass is 554 g/mol. The van der Waals surface area contributed by atoms with Crippen LogP contribution in [0.15, 0.2) is 60.7 Å². The van der Waals surface area contributed by atoms with Gasteiger partial charge in [0.15, 0.2) is 3.42 Å². The van der Waals surface area contributed by atoms with E-state index in [0.717, 1.165) is 0 Å². The quantitative estimate of drug-likeness (QED) is 0.256. The fraction of sp³-hybridized carbons (Fsp3) is 0.294. The number of rotatable bonds is 8. The van der Waals surface area contributed by atoms with Gasteiger partial charge in [0.25, 0.3) is 0 Å². The lowest BCUT2D eigenvalue weighted by molar-refractivity contribution is 0.111. The Labute approximate surface area is 173 Å². The third kappa shape index (κ3) is 5.83. The number of phosphoric acid groups is 1. The third-order valence-electron chi connectivity index (χ3n) is 3.27. The predicted octanol–water partition coefficient (Wildman–Crippen LogP) is 7.13. The number of hydrogen-bond donors (Lipinski definition) is 0. The molecule has 0 spiro atoms. The molecular weight excluding hydrogens is 539 g/mol. The molecule has 0 N–H and O–H groups in total. The molecule has 136 valence electrons. The first-order valence-corrected chi connectivity index (χ1v) is 11.6. The summed E-state index contributed by atoms with van der Waals surface area (Å²) < 4.78 is 29.3. The second-order valence-electron chi connectivity index (χ2n) is 5.88. The van der Waals surface area contributed by atoms with Gasteiger partial charge in [-0.3, -0.25) is 0 Å². The minimum Gasteiger partial charge on any atom is -0.395 e. The van der Waals surface area contributed by atoms with Gasteiger partial charge in [-0.05, 0) is 56.1 Å². The summed E-state index contributed by atoms with van der Waals surface area (Å²) in [5.41, 5.74) is -0.469. The van der Waals surface area contributed by atoms with Crippen molar-refractivity contribution in [2.75, 3.05) is 5.33 Å². The number of phosphoric ester groups is 1. The molecule has 0 aliphatic rings. The molecule has 0 radical (unpaired) electrons. The zero-order valence-electron chi connectivity index (χ0n) is 13.7. The van der Waals surface area contributed by atoms with E-state index >= 15 is 0 Å². The van der Waals surface area contributed by atoms with Gasteiger partial charge < -0.3 is 9.05 Å². The van der Waals surface area contributed by atoms with Crippen molar-refractivity contribution in [3.8, 4) is 11.5 Å². The number of benzene rings is 2. The second-order valence-corrected chi connectivity index (χ2v) is 11.2. The number of hydrogen-bond acceptors (Lipinski definition) is 4. The maximum absolute atomic E-state index is 13.4. The molecule has 2 aromatic carbocycles. The van der Waals surface area contributed by atoms with Crippen LogP contribution in [0.5, 0.6) is 11.5 Å². The van der Waals surface area contributed by atoms with Crippen molar-refractivity contribution < 1.29 is 18.1 Å². The minimum atomic E-state index is -4.01. The zero-order chi connectivity index (χ0) is 18.6. The van der Waals surface area contributed by atoms with Crippen LogP contribution in [0, 0.1) is 5.41 Å². The Kier molecular flexibility index (Phi) is 7.19. The molecule has 2 aromatic rings. The summed E-state index contributed by atoms with van der Waals surface area (Å²) in [6.07, 6.45) is 0. The summed E-state index contributed by atoms with van der Waals surface area (Å²) in [5.74, 6) is 0.767. The lowest BCUT2D eigenvalue weighted by Gasteiger charge is -2.37. The predicted molar refractivity (Wildman–Crippen MR) is 111 cm³/mol. The van der Waals surface area contributed by atoms with Crippen LogP contribution in [-0.2, 0) is 9.09 Å². The summed E-state index contributed by atoms with van der Waals surface area (Å²) in [7, 11) is -4.01. The van der Waals surface area contributed by atoms with Gasteiger partial charge >= 0.3 is 7.82 Å². The molecule has 0 aliphatic heterocycles. The smallest absolute Gasteiger partial charge is 0.395 e. The molecule has 0 aliphatic carbocycles. The first-order chi connectivity index (χ1) is 11.7.